The molecular weight excluding hydrogens is 232 g/mol. The lowest BCUT2D eigenvalue weighted by atomic mass is 10.2. The van der Waals surface area contributed by atoms with Gasteiger partial charge in [0.15, 0.2) is 5.75 Å². The molecule has 0 aromatic heterocycles. The van der Waals surface area contributed by atoms with E-state index in [0.29, 0.717) is 5.56 Å². The molecule has 1 aromatic rings. The van der Waals surface area contributed by atoms with Gasteiger partial charge in [-0.1, -0.05) is 24.8 Å². The molecule has 0 N–H and O–H groups in total. The average molecular weight is 248 g/mol. The molecule has 18 heavy (non-hydrogen) atoms. The van der Waals surface area contributed by atoms with Crippen molar-refractivity contribution in [2.24, 2.45) is 0 Å². The molecule has 0 unspecified atom stereocenters. The van der Waals surface area contributed by atoms with Gasteiger partial charge in [0.25, 0.3) is 0 Å². The van der Waals surface area contributed by atoms with E-state index >= 15 is 0 Å². The fourth-order valence-corrected chi connectivity index (χ4v) is 1.17. The second-order valence-corrected chi connectivity index (χ2v) is 4.67. The molecule has 0 saturated carbocycles. The first-order valence-corrected chi connectivity index (χ1v) is 5.49. The molecular formula is C14H16O4. The fraction of sp³-hybridized carbons (Fsp3) is 0.286. The lowest BCUT2D eigenvalue weighted by Crippen LogP contribution is -2.26. The molecule has 0 fully saturated rings. The van der Waals surface area contributed by atoms with Crippen LogP contribution in [0.5, 0.6) is 5.75 Å². The second kappa shape index (κ2) is 5.49. The van der Waals surface area contributed by atoms with Crippen molar-refractivity contribution in [3.05, 3.63) is 46.6 Å². The van der Waals surface area contributed by atoms with Crippen LogP contribution < -0.4 is 10.2 Å². The van der Waals surface area contributed by atoms with Gasteiger partial charge in [-0.15, -0.1) is 0 Å². The van der Waals surface area contributed by atoms with Crippen LogP contribution in [0, 0.1) is 0 Å². The zero-order valence-electron chi connectivity index (χ0n) is 10.7. The topological polar surface area (TPSA) is 52.6 Å². The van der Waals surface area contributed by atoms with Gasteiger partial charge in [0, 0.05) is 0 Å². The highest BCUT2D eigenvalue weighted by atomic mass is 16.7. The first kappa shape index (κ1) is 14.0. The summed E-state index contributed by atoms with van der Waals surface area (Å²) in [5.74, 6) is -0.0795. The molecule has 0 bridgehead atoms. The fourth-order valence-electron chi connectivity index (χ4n) is 1.17. The summed E-state index contributed by atoms with van der Waals surface area (Å²) in [6.07, 6.45) is 0.655. The number of hydrogen-bond acceptors (Lipinski definition) is 4. The van der Waals surface area contributed by atoms with Gasteiger partial charge in [-0.2, -0.15) is 0 Å². The Kier molecular flexibility index (Phi) is 4.26. The quantitative estimate of drug-likeness (QED) is 0.755. The van der Waals surface area contributed by atoms with E-state index in [4.69, 9.17) is 9.47 Å². The standard InChI is InChI=1S/C14H16O4/c1-5-10-7-6-8-11(15)12(9-10)17-13(16)18-14(2,3)4/h5-9H,1H2,2-4H3. The monoisotopic (exact) mass is 248 g/mol. The Morgan fingerprint density at radius 1 is 1.33 bits per heavy atom. The van der Waals surface area contributed by atoms with E-state index in [1.807, 2.05) is 0 Å². The molecule has 1 aromatic carbocycles. The zero-order valence-corrected chi connectivity index (χ0v) is 10.7. The van der Waals surface area contributed by atoms with E-state index in [-0.39, 0.29) is 5.75 Å². The largest absolute Gasteiger partial charge is 0.514 e. The van der Waals surface area contributed by atoms with Gasteiger partial charge in [-0.3, -0.25) is 4.79 Å². The number of carbonyl (C=O) groups excluding carboxylic acids is 1. The van der Waals surface area contributed by atoms with Crippen molar-refractivity contribution in [3.63, 3.8) is 0 Å². The third-order valence-corrected chi connectivity index (χ3v) is 1.90. The van der Waals surface area contributed by atoms with E-state index in [2.05, 4.69) is 6.58 Å². The molecule has 0 atom stereocenters. The molecule has 0 heterocycles. The smallest absolute Gasteiger partial charge is 0.428 e. The Morgan fingerprint density at radius 2 is 2.00 bits per heavy atom. The maximum absolute atomic E-state index is 11.6. The summed E-state index contributed by atoms with van der Waals surface area (Å²) in [7, 11) is 0. The van der Waals surface area contributed by atoms with Crippen LogP contribution in [-0.2, 0) is 4.74 Å². The molecule has 0 aliphatic heterocycles. The van der Waals surface area contributed by atoms with Gasteiger partial charge in [0.2, 0.25) is 5.43 Å². The van der Waals surface area contributed by atoms with Gasteiger partial charge < -0.3 is 9.47 Å². The van der Waals surface area contributed by atoms with Crippen molar-refractivity contribution < 1.29 is 14.3 Å². The van der Waals surface area contributed by atoms with Crippen molar-refractivity contribution >= 4 is 12.2 Å². The maximum Gasteiger partial charge on any atom is 0.514 e. The minimum absolute atomic E-state index is 0.0795. The molecule has 4 nitrogen and oxygen atoms in total. The van der Waals surface area contributed by atoms with Gasteiger partial charge in [-0.25, -0.2) is 4.79 Å². The summed E-state index contributed by atoms with van der Waals surface area (Å²) < 4.78 is 9.88. The van der Waals surface area contributed by atoms with E-state index in [1.165, 1.54) is 12.1 Å². The van der Waals surface area contributed by atoms with Crippen LogP contribution in [-0.4, -0.2) is 11.8 Å². The Morgan fingerprint density at radius 3 is 2.56 bits per heavy atom. The van der Waals surface area contributed by atoms with Crippen LogP contribution in [0.2, 0.25) is 0 Å². The summed E-state index contributed by atoms with van der Waals surface area (Å²) in [4.78, 5) is 23.1. The van der Waals surface area contributed by atoms with Gasteiger partial charge in [0.1, 0.15) is 5.60 Å². The van der Waals surface area contributed by atoms with Crippen LogP contribution in [0.15, 0.2) is 35.6 Å². The molecule has 0 aliphatic carbocycles. The number of rotatable bonds is 2. The van der Waals surface area contributed by atoms with Crippen molar-refractivity contribution in [2.45, 2.75) is 26.4 Å². The Hall–Kier alpha value is -2.10. The SMILES string of the molecule is C=Cc1cccc(=O)c(OC(=O)OC(C)(C)C)c1. The van der Waals surface area contributed by atoms with Gasteiger partial charge in [-0.05, 0) is 38.5 Å². The van der Waals surface area contributed by atoms with Gasteiger partial charge in [0.05, 0.1) is 0 Å². The lowest BCUT2D eigenvalue weighted by Gasteiger charge is -2.18. The number of hydrogen-bond donors (Lipinski definition) is 0. The Labute approximate surface area is 106 Å². The van der Waals surface area contributed by atoms with Crippen molar-refractivity contribution in [1.82, 2.24) is 0 Å². The van der Waals surface area contributed by atoms with Gasteiger partial charge >= 0.3 is 6.16 Å². The zero-order chi connectivity index (χ0) is 13.8. The van der Waals surface area contributed by atoms with Crippen molar-refractivity contribution in [2.75, 3.05) is 0 Å². The van der Waals surface area contributed by atoms with Crippen LogP contribution in [0.1, 0.15) is 26.3 Å². The molecule has 0 saturated heterocycles. The molecule has 0 amide bonds. The molecule has 0 spiro atoms. The van der Waals surface area contributed by atoms with E-state index in [1.54, 1.807) is 39.0 Å². The van der Waals surface area contributed by atoms with Crippen LogP contribution in [0.25, 0.3) is 6.08 Å². The summed E-state index contributed by atoms with van der Waals surface area (Å²) in [5.41, 5.74) is -0.386. The average Bonchev–Trinajstić information content (AvgIpc) is 2.39. The van der Waals surface area contributed by atoms with Crippen LogP contribution in [0.4, 0.5) is 4.79 Å². The molecule has 96 valence electrons. The minimum atomic E-state index is -0.902. The minimum Gasteiger partial charge on any atom is -0.428 e. The van der Waals surface area contributed by atoms with E-state index < -0.39 is 17.2 Å². The first-order valence-electron chi connectivity index (χ1n) is 5.49. The third-order valence-electron chi connectivity index (χ3n) is 1.90. The predicted molar refractivity (Wildman–Crippen MR) is 69.7 cm³/mol. The number of ether oxygens (including phenoxy) is 2. The summed E-state index contributed by atoms with van der Waals surface area (Å²) in [6.45, 7) is 8.74. The summed E-state index contributed by atoms with van der Waals surface area (Å²) in [6, 6.07) is 6.02. The summed E-state index contributed by atoms with van der Waals surface area (Å²) >= 11 is 0. The normalized spacial score (nSPS) is 10.6. The van der Waals surface area contributed by atoms with Crippen LogP contribution >= 0.6 is 0 Å². The molecule has 0 aliphatic rings. The van der Waals surface area contributed by atoms with E-state index in [0.717, 1.165) is 0 Å². The van der Waals surface area contributed by atoms with Crippen LogP contribution in [0.3, 0.4) is 0 Å². The third kappa shape index (κ3) is 4.41. The van der Waals surface area contributed by atoms with Crippen molar-refractivity contribution in [1.29, 1.82) is 0 Å². The maximum atomic E-state index is 11.6. The predicted octanol–water partition coefficient (Wildman–Crippen LogP) is 3.00. The highest BCUT2D eigenvalue weighted by molar-refractivity contribution is 5.64. The Balaban J connectivity index is 2.98. The lowest BCUT2D eigenvalue weighted by molar-refractivity contribution is 0.0204. The Bertz CT molecular complexity index is 512. The summed E-state index contributed by atoms with van der Waals surface area (Å²) in [5, 5.41) is 0. The highest BCUT2D eigenvalue weighted by Gasteiger charge is 2.18. The van der Waals surface area contributed by atoms with Crippen molar-refractivity contribution in [3.8, 4) is 5.75 Å². The first-order chi connectivity index (χ1) is 8.31. The highest BCUT2D eigenvalue weighted by Crippen LogP contribution is 2.12. The molecule has 4 heteroatoms. The molecule has 1 rings (SSSR count). The van der Waals surface area contributed by atoms with E-state index in [9.17, 15) is 9.59 Å². The molecule has 0 radical (unpaired) electrons. The second-order valence-electron chi connectivity index (χ2n) is 4.67. The number of carbonyl (C=O) groups is 1.